The molecule has 1 N–H and O–H groups in total. The monoisotopic (exact) mass is 218 g/mol. The van der Waals surface area contributed by atoms with Crippen LogP contribution in [0.3, 0.4) is 0 Å². The van der Waals surface area contributed by atoms with Crippen LogP contribution in [0.25, 0.3) is 0 Å². The first-order chi connectivity index (χ1) is 7.80. The molecule has 0 aliphatic carbocycles. The van der Waals surface area contributed by atoms with Crippen molar-refractivity contribution in [3.63, 3.8) is 0 Å². The minimum atomic E-state index is -0.145. The normalized spacial score (nSPS) is 10.3. The molecule has 0 aliphatic heterocycles. The lowest BCUT2D eigenvalue weighted by molar-refractivity contribution is 0.103. The van der Waals surface area contributed by atoms with Crippen LogP contribution < -0.4 is 0 Å². The Bertz CT molecular complexity index is 380. The Kier molecular flexibility index (Phi) is 4.96. The van der Waals surface area contributed by atoms with E-state index in [4.69, 9.17) is 10.4 Å². The molecule has 0 aromatic heterocycles. The van der Waals surface area contributed by atoms with Gasteiger partial charge in [-0.3, -0.25) is 5.01 Å². The molecule has 0 aliphatic rings. The first-order valence-electron chi connectivity index (χ1n) is 5.07. The molecule has 5 heteroatoms. The second-order valence-electron chi connectivity index (χ2n) is 3.22. The predicted molar refractivity (Wildman–Crippen MR) is 59.8 cm³/mol. The van der Waals surface area contributed by atoms with E-state index in [2.05, 4.69) is 10.3 Å². The molecule has 84 valence electrons. The van der Waals surface area contributed by atoms with Crippen molar-refractivity contribution in [2.24, 2.45) is 10.3 Å². The van der Waals surface area contributed by atoms with Gasteiger partial charge in [0.1, 0.15) is 6.73 Å². The molecule has 0 atom stereocenters. The maximum Gasteiger partial charge on any atom is 0.133 e. The summed E-state index contributed by atoms with van der Waals surface area (Å²) >= 11 is 0. The first kappa shape index (κ1) is 12.1. The number of benzene rings is 1. The third-order valence-corrected chi connectivity index (χ3v) is 1.93. The molecule has 16 heavy (non-hydrogen) atoms. The summed E-state index contributed by atoms with van der Waals surface area (Å²) in [4.78, 5) is 0. The number of nitriles is 1. The van der Waals surface area contributed by atoms with Gasteiger partial charge in [0, 0.05) is 6.54 Å². The molecule has 1 rings (SSSR count). The Balaban J connectivity index is 2.64. The van der Waals surface area contributed by atoms with Crippen LogP contribution in [0.1, 0.15) is 18.9 Å². The fourth-order valence-corrected chi connectivity index (χ4v) is 1.12. The SMILES string of the molecule is CCCN(CO)N=Nc1ccc(C#N)cc1. The summed E-state index contributed by atoms with van der Waals surface area (Å²) in [6.07, 6.45) is 0.896. The molecular weight excluding hydrogens is 204 g/mol. The van der Waals surface area contributed by atoms with E-state index >= 15 is 0 Å². The molecule has 0 spiro atoms. The van der Waals surface area contributed by atoms with Crippen molar-refractivity contribution in [3.8, 4) is 6.07 Å². The molecule has 5 nitrogen and oxygen atoms in total. The van der Waals surface area contributed by atoms with E-state index in [1.165, 1.54) is 5.01 Å². The summed E-state index contributed by atoms with van der Waals surface area (Å²) in [6, 6.07) is 8.81. The summed E-state index contributed by atoms with van der Waals surface area (Å²) in [6.45, 7) is 2.52. The van der Waals surface area contributed by atoms with E-state index in [0.29, 0.717) is 17.8 Å². The van der Waals surface area contributed by atoms with Crippen LogP contribution in [0.15, 0.2) is 34.6 Å². The first-order valence-corrected chi connectivity index (χ1v) is 5.07. The van der Waals surface area contributed by atoms with Crippen molar-refractivity contribution in [1.29, 1.82) is 5.26 Å². The van der Waals surface area contributed by atoms with Gasteiger partial charge in [-0.2, -0.15) is 5.26 Å². The average Bonchev–Trinajstić information content (AvgIpc) is 2.35. The fraction of sp³-hybridized carbons (Fsp3) is 0.364. The van der Waals surface area contributed by atoms with Crippen LogP contribution in [0, 0.1) is 11.3 Å². The maximum absolute atomic E-state index is 8.95. The van der Waals surface area contributed by atoms with E-state index in [1.807, 2.05) is 13.0 Å². The molecule has 0 amide bonds. The van der Waals surface area contributed by atoms with Gasteiger partial charge in [-0.05, 0) is 30.7 Å². The Morgan fingerprint density at radius 3 is 2.56 bits per heavy atom. The van der Waals surface area contributed by atoms with Crippen LogP contribution in [-0.4, -0.2) is 23.4 Å². The summed E-state index contributed by atoms with van der Waals surface area (Å²) in [5.74, 6) is 0. The smallest absolute Gasteiger partial charge is 0.133 e. The van der Waals surface area contributed by atoms with E-state index in [9.17, 15) is 0 Å². The lowest BCUT2D eigenvalue weighted by Gasteiger charge is -2.11. The summed E-state index contributed by atoms with van der Waals surface area (Å²) in [7, 11) is 0. The lowest BCUT2D eigenvalue weighted by Crippen LogP contribution is -2.18. The summed E-state index contributed by atoms with van der Waals surface area (Å²) in [5.41, 5.74) is 1.25. The van der Waals surface area contributed by atoms with Crippen LogP contribution in [0.4, 0.5) is 5.69 Å². The summed E-state index contributed by atoms with van der Waals surface area (Å²) < 4.78 is 0. The fourth-order valence-electron chi connectivity index (χ4n) is 1.12. The Labute approximate surface area is 94.6 Å². The number of aliphatic hydroxyl groups excluding tert-OH is 1. The van der Waals surface area contributed by atoms with Gasteiger partial charge in [-0.15, -0.1) is 5.11 Å². The Morgan fingerprint density at radius 1 is 1.38 bits per heavy atom. The molecule has 0 heterocycles. The minimum absolute atomic E-state index is 0.145. The molecule has 0 unspecified atom stereocenters. The van der Waals surface area contributed by atoms with E-state index in [-0.39, 0.29) is 6.73 Å². The van der Waals surface area contributed by atoms with Gasteiger partial charge in [-0.25, -0.2) is 0 Å². The molecule has 0 radical (unpaired) electrons. The van der Waals surface area contributed by atoms with Crippen molar-refractivity contribution in [2.75, 3.05) is 13.3 Å². The number of rotatable bonds is 5. The van der Waals surface area contributed by atoms with Crippen LogP contribution >= 0.6 is 0 Å². The van der Waals surface area contributed by atoms with Crippen molar-refractivity contribution < 1.29 is 5.11 Å². The van der Waals surface area contributed by atoms with Gasteiger partial charge < -0.3 is 5.11 Å². The lowest BCUT2D eigenvalue weighted by atomic mass is 10.2. The zero-order chi connectivity index (χ0) is 11.8. The van der Waals surface area contributed by atoms with Crippen molar-refractivity contribution in [1.82, 2.24) is 5.01 Å². The number of aliphatic hydroxyl groups is 1. The maximum atomic E-state index is 8.95. The van der Waals surface area contributed by atoms with Gasteiger partial charge in [0.2, 0.25) is 0 Å². The molecule has 1 aromatic carbocycles. The molecule has 0 saturated heterocycles. The van der Waals surface area contributed by atoms with Crippen molar-refractivity contribution >= 4 is 5.69 Å². The highest BCUT2D eigenvalue weighted by atomic mass is 16.3. The number of nitrogens with zero attached hydrogens (tertiary/aromatic N) is 4. The average molecular weight is 218 g/mol. The zero-order valence-electron chi connectivity index (χ0n) is 9.17. The Hall–Kier alpha value is -1.93. The highest BCUT2D eigenvalue weighted by Crippen LogP contribution is 2.13. The highest BCUT2D eigenvalue weighted by Gasteiger charge is 1.96. The summed E-state index contributed by atoms with van der Waals surface area (Å²) in [5, 5.41) is 26.9. The second-order valence-corrected chi connectivity index (χ2v) is 3.22. The van der Waals surface area contributed by atoms with Crippen LogP contribution in [-0.2, 0) is 0 Å². The van der Waals surface area contributed by atoms with E-state index < -0.39 is 0 Å². The largest absolute Gasteiger partial charge is 0.375 e. The van der Waals surface area contributed by atoms with Gasteiger partial charge in [0.15, 0.2) is 0 Å². The van der Waals surface area contributed by atoms with Crippen molar-refractivity contribution in [2.45, 2.75) is 13.3 Å². The van der Waals surface area contributed by atoms with Gasteiger partial charge in [-0.1, -0.05) is 12.1 Å². The zero-order valence-corrected chi connectivity index (χ0v) is 9.17. The standard InChI is InChI=1S/C11H14N4O/c1-2-7-15(9-16)14-13-11-5-3-10(8-12)4-6-11/h3-6,16H,2,7,9H2,1H3. The number of hydrogen-bond acceptors (Lipinski definition) is 4. The number of hydrogen-bond donors (Lipinski definition) is 1. The second kappa shape index (κ2) is 6.53. The van der Waals surface area contributed by atoms with Crippen molar-refractivity contribution in [3.05, 3.63) is 29.8 Å². The molecule has 0 saturated carbocycles. The molecule has 1 aromatic rings. The minimum Gasteiger partial charge on any atom is -0.375 e. The van der Waals surface area contributed by atoms with Gasteiger partial charge >= 0.3 is 0 Å². The third-order valence-electron chi connectivity index (χ3n) is 1.93. The Morgan fingerprint density at radius 2 is 2.06 bits per heavy atom. The van der Waals surface area contributed by atoms with Crippen LogP contribution in [0.2, 0.25) is 0 Å². The third kappa shape index (κ3) is 3.67. The molecule has 0 bridgehead atoms. The highest BCUT2D eigenvalue weighted by molar-refractivity contribution is 5.41. The predicted octanol–water partition coefficient (Wildman–Crippen LogP) is 2.22. The molecule has 0 fully saturated rings. The molecular formula is C11H14N4O. The quantitative estimate of drug-likeness (QED) is 0.468. The van der Waals surface area contributed by atoms with Gasteiger partial charge in [0.05, 0.1) is 17.3 Å². The van der Waals surface area contributed by atoms with Gasteiger partial charge in [0.25, 0.3) is 0 Å². The van der Waals surface area contributed by atoms with E-state index in [1.54, 1.807) is 24.3 Å². The topological polar surface area (TPSA) is 72.0 Å². The van der Waals surface area contributed by atoms with E-state index in [0.717, 1.165) is 6.42 Å². The van der Waals surface area contributed by atoms with Crippen LogP contribution in [0.5, 0.6) is 0 Å².